The lowest BCUT2D eigenvalue weighted by Gasteiger charge is -2.08. The van der Waals surface area contributed by atoms with Crippen LogP contribution in [0.25, 0.3) is 5.57 Å². The Kier molecular flexibility index (Phi) is 3.18. The van der Waals surface area contributed by atoms with Crippen LogP contribution in [0.15, 0.2) is 40.0 Å². The molecule has 3 nitrogen and oxygen atoms in total. The minimum atomic E-state index is 1.01. The average molecular weight is 283 g/mol. The van der Waals surface area contributed by atoms with E-state index in [-0.39, 0.29) is 0 Å². The zero-order valence-electron chi connectivity index (χ0n) is 12.1. The quantitative estimate of drug-likeness (QED) is 0.878. The molecule has 0 radical (unpaired) electrons. The molecule has 0 aliphatic carbocycles. The second kappa shape index (κ2) is 4.87. The number of aryl methyl sites for hydroxylation is 2. The van der Waals surface area contributed by atoms with Crippen molar-refractivity contribution < 1.29 is 0 Å². The molecule has 20 heavy (non-hydrogen) atoms. The van der Waals surface area contributed by atoms with Crippen molar-refractivity contribution in [2.24, 2.45) is 4.99 Å². The number of thiazole rings is 1. The van der Waals surface area contributed by atoms with Gasteiger partial charge in [0, 0.05) is 23.0 Å². The number of aliphatic imine (C=N–C) groups is 1. The van der Waals surface area contributed by atoms with Gasteiger partial charge < -0.3 is 4.98 Å². The van der Waals surface area contributed by atoms with Crippen LogP contribution in [0.1, 0.15) is 35.8 Å². The molecule has 0 atom stereocenters. The molecule has 3 rings (SSSR count). The molecule has 0 saturated heterocycles. The van der Waals surface area contributed by atoms with E-state index in [0.29, 0.717) is 0 Å². The Balaban J connectivity index is 2.29. The Bertz CT molecular complexity index is 743. The van der Waals surface area contributed by atoms with E-state index in [2.05, 4.69) is 42.9 Å². The van der Waals surface area contributed by atoms with Crippen molar-refractivity contribution in [2.75, 3.05) is 0 Å². The number of nitrogens with one attached hydrogen (secondary N) is 1. The Labute approximate surface area is 122 Å². The van der Waals surface area contributed by atoms with Gasteiger partial charge in [-0.2, -0.15) is 0 Å². The first-order valence-electron chi connectivity index (χ1n) is 6.61. The third-order valence-corrected chi connectivity index (χ3v) is 4.16. The fourth-order valence-electron chi connectivity index (χ4n) is 2.59. The lowest BCUT2D eigenvalue weighted by Crippen LogP contribution is -1.95. The Hall–Kier alpha value is -1.94. The van der Waals surface area contributed by atoms with E-state index in [9.17, 15) is 0 Å². The molecule has 0 aromatic carbocycles. The first kappa shape index (κ1) is 13.1. The maximum atomic E-state index is 4.70. The van der Waals surface area contributed by atoms with Crippen LogP contribution in [0.4, 0.5) is 0 Å². The number of allylic oxidation sites excluding steroid dienone is 2. The third kappa shape index (κ3) is 2.16. The molecule has 102 valence electrons. The minimum Gasteiger partial charge on any atom is -0.358 e. The molecule has 2 aromatic rings. The van der Waals surface area contributed by atoms with Gasteiger partial charge in [-0.25, -0.2) is 4.98 Å². The van der Waals surface area contributed by atoms with Crippen LogP contribution < -0.4 is 0 Å². The highest BCUT2D eigenvalue weighted by Crippen LogP contribution is 2.35. The fraction of sp³-hybridized carbons (Fsp3) is 0.250. The van der Waals surface area contributed by atoms with E-state index in [4.69, 9.17) is 4.99 Å². The van der Waals surface area contributed by atoms with Crippen molar-refractivity contribution in [3.05, 3.63) is 56.9 Å². The number of aromatic amines is 1. The lowest BCUT2D eigenvalue weighted by molar-refractivity contribution is 1.20. The largest absolute Gasteiger partial charge is 0.358 e. The zero-order chi connectivity index (χ0) is 14.3. The van der Waals surface area contributed by atoms with E-state index in [1.807, 2.05) is 18.5 Å². The Morgan fingerprint density at radius 3 is 2.50 bits per heavy atom. The Morgan fingerprint density at radius 2 is 2.00 bits per heavy atom. The second-order valence-electron chi connectivity index (χ2n) is 5.15. The molecule has 0 bridgehead atoms. The topological polar surface area (TPSA) is 41.0 Å². The van der Waals surface area contributed by atoms with E-state index < -0.39 is 0 Å². The number of hydrogen-bond acceptors (Lipinski definition) is 3. The first-order valence-corrected chi connectivity index (χ1v) is 7.49. The molecule has 0 saturated carbocycles. The number of hydrogen-bond donors (Lipinski definition) is 1. The van der Waals surface area contributed by atoms with Crippen molar-refractivity contribution in [2.45, 2.75) is 27.7 Å². The summed E-state index contributed by atoms with van der Waals surface area (Å²) in [5, 5.41) is 3.02. The predicted molar refractivity (Wildman–Crippen MR) is 85.3 cm³/mol. The molecule has 1 N–H and O–H groups in total. The number of H-pyrrole nitrogens is 1. The SMILES string of the molecule is CC1=CC(C)=N/C1=C(/c1nccs1)c1[nH]c(C)cc1C. The van der Waals surface area contributed by atoms with Crippen LogP contribution in [-0.4, -0.2) is 15.7 Å². The summed E-state index contributed by atoms with van der Waals surface area (Å²) in [5.41, 5.74) is 7.89. The van der Waals surface area contributed by atoms with Crippen LogP contribution in [0.3, 0.4) is 0 Å². The Morgan fingerprint density at radius 1 is 1.20 bits per heavy atom. The summed E-state index contributed by atoms with van der Waals surface area (Å²) in [6.45, 7) is 8.33. The van der Waals surface area contributed by atoms with Gasteiger partial charge in [0.1, 0.15) is 5.01 Å². The van der Waals surface area contributed by atoms with E-state index in [1.165, 1.54) is 11.1 Å². The van der Waals surface area contributed by atoms with E-state index in [1.54, 1.807) is 11.3 Å². The second-order valence-corrected chi connectivity index (χ2v) is 6.05. The summed E-state index contributed by atoms with van der Waals surface area (Å²) in [7, 11) is 0. The highest BCUT2D eigenvalue weighted by atomic mass is 32.1. The predicted octanol–water partition coefficient (Wildman–Crippen LogP) is 4.27. The summed E-state index contributed by atoms with van der Waals surface area (Å²) < 4.78 is 0. The van der Waals surface area contributed by atoms with Gasteiger partial charge in [0.25, 0.3) is 0 Å². The number of nitrogens with zero attached hydrogens (tertiary/aromatic N) is 2. The summed E-state index contributed by atoms with van der Waals surface area (Å²) in [5.74, 6) is 0. The van der Waals surface area contributed by atoms with Gasteiger partial charge in [-0.3, -0.25) is 4.99 Å². The van der Waals surface area contributed by atoms with Gasteiger partial charge in [-0.1, -0.05) is 0 Å². The van der Waals surface area contributed by atoms with E-state index >= 15 is 0 Å². The molecule has 1 aliphatic heterocycles. The highest BCUT2D eigenvalue weighted by Gasteiger charge is 2.21. The van der Waals surface area contributed by atoms with Crippen LogP contribution >= 0.6 is 11.3 Å². The van der Waals surface area contributed by atoms with Crippen LogP contribution in [0, 0.1) is 13.8 Å². The van der Waals surface area contributed by atoms with Crippen LogP contribution in [-0.2, 0) is 0 Å². The van der Waals surface area contributed by atoms with Gasteiger partial charge in [0.2, 0.25) is 0 Å². The smallest absolute Gasteiger partial charge is 0.127 e. The van der Waals surface area contributed by atoms with Crippen LogP contribution in [0.2, 0.25) is 0 Å². The maximum Gasteiger partial charge on any atom is 0.127 e. The molecule has 0 fully saturated rings. The summed E-state index contributed by atoms with van der Waals surface area (Å²) in [4.78, 5) is 12.7. The van der Waals surface area contributed by atoms with Crippen molar-refractivity contribution >= 4 is 22.6 Å². The van der Waals surface area contributed by atoms with Gasteiger partial charge in [0.15, 0.2) is 0 Å². The van der Waals surface area contributed by atoms with E-state index in [0.717, 1.165) is 33.4 Å². The molecule has 2 aromatic heterocycles. The molecule has 3 heterocycles. The van der Waals surface area contributed by atoms with Crippen LogP contribution in [0.5, 0.6) is 0 Å². The van der Waals surface area contributed by atoms with Crippen molar-refractivity contribution in [3.8, 4) is 0 Å². The monoisotopic (exact) mass is 283 g/mol. The molecular weight excluding hydrogens is 266 g/mol. The fourth-order valence-corrected chi connectivity index (χ4v) is 3.28. The molecule has 0 unspecified atom stereocenters. The third-order valence-electron chi connectivity index (χ3n) is 3.37. The highest BCUT2D eigenvalue weighted by molar-refractivity contribution is 7.10. The minimum absolute atomic E-state index is 1.01. The standard InChI is InChI=1S/C16H17N3S/c1-9-7-11(3)18-14(9)13(16-17-5-6-20-16)15-10(2)8-12(4)19-15/h5-8,18H,1-4H3/b15-13+. The van der Waals surface area contributed by atoms with Gasteiger partial charge in [-0.15, -0.1) is 11.3 Å². The maximum absolute atomic E-state index is 4.70. The summed E-state index contributed by atoms with van der Waals surface area (Å²) in [6, 6.07) is 2.16. The lowest BCUT2D eigenvalue weighted by atomic mass is 10.0. The first-order chi connectivity index (χ1) is 9.56. The van der Waals surface area contributed by atoms with Gasteiger partial charge >= 0.3 is 0 Å². The normalized spacial score (nSPS) is 17.2. The number of aromatic nitrogens is 2. The molecule has 1 aliphatic rings. The zero-order valence-corrected chi connectivity index (χ0v) is 12.9. The van der Waals surface area contributed by atoms with Crippen molar-refractivity contribution in [1.82, 2.24) is 9.97 Å². The number of rotatable bonds is 2. The molecule has 0 amide bonds. The molecule has 0 spiro atoms. The average Bonchev–Trinajstić information content (AvgIpc) is 3.05. The van der Waals surface area contributed by atoms with Crippen molar-refractivity contribution in [3.63, 3.8) is 0 Å². The summed E-state index contributed by atoms with van der Waals surface area (Å²) in [6.07, 6.45) is 3.96. The van der Waals surface area contributed by atoms with Gasteiger partial charge in [-0.05, 0) is 51.0 Å². The summed E-state index contributed by atoms with van der Waals surface area (Å²) >= 11 is 1.65. The van der Waals surface area contributed by atoms with Crippen molar-refractivity contribution in [1.29, 1.82) is 0 Å². The van der Waals surface area contributed by atoms with Gasteiger partial charge in [0.05, 0.1) is 17.0 Å². The molecular formula is C16H17N3S. The molecule has 4 heteroatoms.